The zero-order valence-corrected chi connectivity index (χ0v) is 14.0. The van der Waals surface area contributed by atoms with Crippen molar-refractivity contribution >= 4 is 52.3 Å². The summed E-state index contributed by atoms with van der Waals surface area (Å²) in [6.07, 6.45) is 0.980. The number of hydrogen-bond donors (Lipinski definition) is 2. The molecule has 0 saturated heterocycles. The average molecular weight is 361 g/mol. The van der Waals surface area contributed by atoms with Crippen LogP contribution in [0.1, 0.15) is 18.0 Å². The van der Waals surface area contributed by atoms with Crippen molar-refractivity contribution in [2.45, 2.75) is 17.4 Å². The Morgan fingerprint density at radius 1 is 1.10 bits per heavy atom. The van der Waals surface area contributed by atoms with E-state index in [-0.39, 0.29) is 21.8 Å². The quantitative estimate of drug-likeness (QED) is 0.644. The van der Waals surface area contributed by atoms with Gasteiger partial charge in [0.1, 0.15) is 0 Å². The van der Waals surface area contributed by atoms with E-state index < -0.39 is 0 Å². The highest BCUT2D eigenvalue weighted by molar-refractivity contribution is 7.99. The van der Waals surface area contributed by atoms with Gasteiger partial charge in [-0.05, 0) is 42.3 Å². The summed E-state index contributed by atoms with van der Waals surface area (Å²) in [4.78, 5) is 1.24. The fourth-order valence-corrected chi connectivity index (χ4v) is 4.14. The van der Waals surface area contributed by atoms with Crippen LogP contribution < -0.4 is 5.32 Å². The maximum Gasteiger partial charge on any atom is 0.152 e. The number of thioether (sulfide) groups is 1. The van der Waals surface area contributed by atoms with Gasteiger partial charge in [0.25, 0.3) is 0 Å². The molecule has 0 bridgehead atoms. The number of phenols is 1. The minimum Gasteiger partial charge on any atom is -0.505 e. The van der Waals surface area contributed by atoms with Crippen molar-refractivity contribution in [1.29, 1.82) is 0 Å². The topological polar surface area (TPSA) is 32.3 Å². The Kier molecular flexibility index (Phi) is 4.46. The van der Waals surface area contributed by atoms with E-state index in [9.17, 15) is 5.11 Å². The minimum atomic E-state index is -0.0912. The van der Waals surface area contributed by atoms with Crippen LogP contribution in [0.2, 0.25) is 15.1 Å². The second kappa shape index (κ2) is 6.17. The van der Waals surface area contributed by atoms with Gasteiger partial charge in [-0.15, -0.1) is 11.8 Å². The molecule has 2 aromatic carbocycles. The zero-order valence-electron chi connectivity index (χ0n) is 10.9. The highest BCUT2D eigenvalue weighted by Crippen LogP contribution is 2.41. The first-order valence-corrected chi connectivity index (χ1v) is 8.53. The standard InChI is InChI=1S/C15H12Cl3NOS/c16-8-1-2-14-10(5-8)13(3-4-21-14)19-9-6-11(17)15(20)12(18)7-9/h1-2,5-7,13,19-20H,3-4H2. The first-order chi connectivity index (χ1) is 10.0. The highest BCUT2D eigenvalue weighted by atomic mass is 35.5. The lowest BCUT2D eigenvalue weighted by Crippen LogP contribution is -2.16. The first kappa shape index (κ1) is 15.2. The number of aromatic hydroxyl groups is 1. The van der Waals surface area contributed by atoms with Crippen LogP contribution in [0, 0.1) is 0 Å². The number of nitrogens with one attached hydrogen (secondary N) is 1. The summed E-state index contributed by atoms with van der Waals surface area (Å²) in [6, 6.07) is 9.45. The summed E-state index contributed by atoms with van der Waals surface area (Å²) in [5.41, 5.74) is 1.96. The summed E-state index contributed by atoms with van der Waals surface area (Å²) < 4.78 is 0. The van der Waals surface area contributed by atoms with E-state index in [1.807, 2.05) is 30.0 Å². The lowest BCUT2D eigenvalue weighted by Gasteiger charge is -2.27. The van der Waals surface area contributed by atoms with Crippen LogP contribution in [0.4, 0.5) is 5.69 Å². The van der Waals surface area contributed by atoms with E-state index in [1.54, 1.807) is 12.1 Å². The van der Waals surface area contributed by atoms with Crippen LogP contribution in [0.5, 0.6) is 5.75 Å². The molecule has 2 aromatic rings. The van der Waals surface area contributed by atoms with Crippen molar-refractivity contribution in [3.63, 3.8) is 0 Å². The number of phenolic OH excluding ortho intramolecular Hbond substituents is 1. The van der Waals surface area contributed by atoms with Crippen LogP contribution >= 0.6 is 46.6 Å². The maximum atomic E-state index is 9.62. The molecular formula is C15H12Cl3NOS. The summed E-state index contributed by atoms with van der Waals surface area (Å²) in [7, 11) is 0. The van der Waals surface area contributed by atoms with Gasteiger partial charge in [-0.2, -0.15) is 0 Å². The summed E-state index contributed by atoms with van der Waals surface area (Å²) in [5, 5.41) is 14.2. The fourth-order valence-electron chi connectivity index (χ4n) is 2.37. The number of anilines is 1. The van der Waals surface area contributed by atoms with Crippen molar-refractivity contribution in [3.8, 4) is 5.75 Å². The molecule has 1 unspecified atom stereocenters. The van der Waals surface area contributed by atoms with Gasteiger partial charge in [0.05, 0.1) is 16.1 Å². The summed E-state index contributed by atoms with van der Waals surface area (Å²) in [5.74, 6) is 0.942. The predicted molar refractivity (Wildman–Crippen MR) is 91.3 cm³/mol. The lowest BCUT2D eigenvalue weighted by molar-refractivity contribution is 0.476. The monoisotopic (exact) mass is 359 g/mol. The fraction of sp³-hybridized carbons (Fsp3) is 0.200. The smallest absolute Gasteiger partial charge is 0.152 e. The largest absolute Gasteiger partial charge is 0.505 e. The Morgan fingerprint density at radius 2 is 1.81 bits per heavy atom. The van der Waals surface area contributed by atoms with Crippen molar-refractivity contribution in [2.75, 3.05) is 11.1 Å². The van der Waals surface area contributed by atoms with Gasteiger partial charge in [0.15, 0.2) is 5.75 Å². The molecule has 1 aliphatic rings. The van der Waals surface area contributed by atoms with Crippen molar-refractivity contribution in [2.24, 2.45) is 0 Å². The van der Waals surface area contributed by atoms with Gasteiger partial charge in [-0.25, -0.2) is 0 Å². The van der Waals surface area contributed by atoms with Crippen molar-refractivity contribution in [1.82, 2.24) is 0 Å². The Morgan fingerprint density at radius 3 is 2.52 bits per heavy atom. The Labute approximate surface area is 142 Å². The molecule has 6 heteroatoms. The molecule has 110 valence electrons. The molecule has 1 aliphatic heterocycles. The third-order valence-electron chi connectivity index (χ3n) is 3.37. The second-order valence-corrected chi connectivity index (χ2v) is 7.19. The Hall–Kier alpha value is -0.740. The van der Waals surface area contributed by atoms with Crippen LogP contribution in [-0.2, 0) is 0 Å². The molecular weight excluding hydrogens is 349 g/mol. The summed E-state index contributed by atoms with van der Waals surface area (Å²) in [6.45, 7) is 0. The molecule has 1 atom stereocenters. The molecule has 3 rings (SSSR count). The van der Waals surface area contributed by atoms with Crippen molar-refractivity contribution < 1.29 is 5.11 Å². The van der Waals surface area contributed by atoms with Gasteiger partial charge in [-0.3, -0.25) is 0 Å². The molecule has 0 aromatic heterocycles. The van der Waals surface area contributed by atoms with E-state index in [0.717, 1.165) is 22.9 Å². The molecule has 0 aliphatic carbocycles. The minimum absolute atomic E-state index is 0.0912. The van der Waals surface area contributed by atoms with Crippen molar-refractivity contribution in [3.05, 3.63) is 51.0 Å². The molecule has 0 fully saturated rings. The van der Waals surface area contributed by atoms with Crippen LogP contribution in [0.3, 0.4) is 0 Å². The molecule has 2 N–H and O–H groups in total. The molecule has 0 amide bonds. The zero-order chi connectivity index (χ0) is 15.0. The maximum absolute atomic E-state index is 9.62. The van der Waals surface area contributed by atoms with Crippen LogP contribution in [0.15, 0.2) is 35.2 Å². The predicted octanol–water partition coefficient (Wildman–Crippen LogP) is 6.00. The number of benzene rings is 2. The molecule has 21 heavy (non-hydrogen) atoms. The second-order valence-electron chi connectivity index (χ2n) is 4.80. The van der Waals surface area contributed by atoms with Gasteiger partial charge in [0, 0.05) is 21.4 Å². The molecule has 0 spiro atoms. The van der Waals surface area contributed by atoms with E-state index in [1.165, 1.54) is 10.5 Å². The lowest BCUT2D eigenvalue weighted by atomic mass is 10.0. The normalized spacial score (nSPS) is 17.4. The number of halogens is 3. The van der Waals surface area contributed by atoms with Crippen LogP contribution in [-0.4, -0.2) is 10.9 Å². The highest BCUT2D eigenvalue weighted by Gasteiger charge is 2.21. The average Bonchev–Trinajstić information content (AvgIpc) is 2.45. The van der Waals surface area contributed by atoms with Crippen LogP contribution in [0.25, 0.3) is 0 Å². The molecule has 2 nitrogen and oxygen atoms in total. The Balaban J connectivity index is 1.92. The van der Waals surface area contributed by atoms with Gasteiger partial charge >= 0.3 is 0 Å². The van der Waals surface area contributed by atoms with Gasteiger partial charge < -0.3 is 10.4 Å². The molecule has 0 saturated carbocycles. The summed E-state index contributed by atoms with van der Waals surface area (Å²) >= 11 is 19.9. The van der Waals surface area contributed by atoms with E-state index in [4.69, 9.17) is 34.8 Å². The van der Waals surface area contributed by atoms with Gasteiger partial charge in [0.2, 0.25) is 0 Å². The number of fused-ring (bicyclic) bond motifs is 1. The van der Waals surface area contributed by atoms with E-state index in [2.05, 4.69) is 5.32 Å². The first-order valence-electron chi connectivity index (χ1n) is 6.41. The third kappa shape index (κ3) is 3.21. The van der Waals surface area contributed by atoms with E-state index in [0.29, 0.717) is 0 Å². The Bertz CT molecular complexity index is 670. The number of rotatable bonds is 2. The molecule has 1 heterocycles. The van der Waals surface area contributed by atoms with Gasteiger partial charge in [-0.1, -0.05) is 34.8 Å². The SMILES string of the molecule is Oc1c(Cl)cc(NC2CCSc3ccc(Cl)cc32)cc1Cl. The van der Waals surface area contributed by atoms with E-state index >= 15 is 0 Å². The number of hydrogen-bond acceptors (Lipinski definition) is 3. The molecule has 0 radical (unpaired) electrons. The third-order valence-corrected chi connectivity index (χ3v) is 5.30.